The van der Waals surface area contributed by atoms with E-state index >= 15 is 0 Å². The molecular weight excluding hydrogens is 334 g/mol. The molecule has 1 aromatic carbocycles. The summed E-state index contributed by atoms with van der Waals surface area (Å²) in [7, 11) is 1.91. The van der Waals surface area contributed by atoms with Crippen molar-refractivity contribution < 1.29 is 8.78 Å². The lowest BCUT2D eigenvalue weighted by Gasteiger charge is -2.31. The molecule has 1 fully saturated rings. The van der Waals surface area contributed by atoms with Gasteiger partial charge in [-0.25, -0.2) is 8.78 Å². The van der Waals surface area contributed by atoms with Crippen LogP contribution < -0.4 is 0 Å². The quantitative estimate of drug-likeness (QED) is 0.706. The van der Waals surface area contributed by atoms with Gasteiger partial charge in [0.05, 0.1) is 12.7 Å². The summed E-state index contributed by atoms with van der Waals surface area (Å²) in [5.74, 6) is 0.343. The molecule has 0 aliphatic carbocycles. The predicted octanol–water partition coefficient (Wildman–Crippen LogP) is 4.08. The Morgan fingerprint density at radius 2 is 1.88 bits per heavy atom. The predicted molar refractivity (Wildman–Crippen MR) is 98.4 cm³/mol. The number of pyridine rings is 1. The van der Waals surface area contributed by atoms with E-state index in [-0.39, 0.29) is 6.54 Å². The summed E-state index contributed by atoms with van der Waals surface area (Å²) in [6, 6.07) is 8.50. The second kappa shape index (κ2) is 7.11. The van der Waals surface area contributed by atoms with Crippen LogP contribution in [0.3, 0.4) is 0 Å². The third-order valence-electron chi connectivity index (χ3n) is 5.18. The van der Waals surface area contributed by atoms with E-state index < -0.39 is 6.43 Å². The van der Waals surface area contributed by atoms with Crippen LogP contribution in [0.2, 0.25) is 0 Å². The Kier molecular flexibility index (Phi) is 4.68. The Hall–Kier alpha value is -2.34. The van der Waals surface area contributed by atoms with E-state index in [0.29, 0.717) is 19.0 Å². The smallest absolute Gasteiger partial charge is 0.251 e. The number of piperidine rings is 1. The number of hydrogen-bond acceptors (Lipinski definition) is 3. The molecule has 3 aromatic rings. The molecule has 2 aromatic heterocycles. The minimum absolute atomic E-state index is 0.119. The maximum atomic E-state index is 12.5. The van der Waals surface area contributed by atoms with Gasteiger partial charge in [-0.15, -0.1) is 0 Å². The van der Waals surface area contributed by atoms with Gasteiger partial charge in [-0.3, -0.25) is 14.6 Å². The lowest BCUT2D eigenvalue weighted by atomic mass is 9.92. The fourth-order valence-corrected chi connectivity index (χ4v) is 3.74. The fourth-order valence-electron chi connectivity index (χ4n) is 3.74. The number of hydrogen-bond donors (Lipinski definition) is 0. The molecule has 0 saturated carbocycles. The number of fused-ring (bicyclic) bond motifs is 1. The van der Waals surface area contributed by atoms with Crippen LogP contribution in [0.5, 0.6) is 0 Å². The molecule has 136 valence electrons. The van der Waals surface area contributed by atoms with E-state index in [1.54, 1.807) is 4.68 Å². The average molecular weight is 356 g/mol. The van der Waals surface area contributed by atoms with Crippen molar-refractivity contribution in [3.05, 3.63) is 48.5 Å². The van der Waals surface area contributed by atoms with E-state index in [0.717, 1.165) is 40.4 Å². The highest BCUT2D eigenvalue weighted by atomic mass is 19.3. The van der Waals surface area contributed by atoms with Crippen molar-refractivity contribution in [3.8, 4) is 11.1 Å². The summed E-state index contributed by atoms with van der Waals surface area (Å²) >= 11 is 0. The van der Waals surface area contributed by atoms with Gasteiger partial charge in [0.1, 0.15) is 0 Å². The monoisotopic (exact) mass is 356 g/mol. The maximum Gasteiger partial charge on any atom is 0.251 e. The van der Waals surface area contributed by atoms with Gasteiger partial charge < -0.3 is 0 Å². The largest absolute Gasteiger partial charge is 0.298 e. The van der Waals surface area contributed by atoms with E-state index in [9.17, 15) is 8.78 Å². The Morgan fingerprint density at radius 3 is 2.58 bits per heavy atom. The van der Waals surface area contributed by atoms with E-state index in [1.807, 2.05) is 30.5 Å². The lowest BCUT2D eigenvalue weighted by molar-refractivity contribution is 0.0752. The van der Waals surface area contributed by atoms with Crippen molar-refractivity contribution in [1.82, 2.24) is 19.7 Å². The fraction of sp³-hybridized carbons (Fsp3) is 0.400. The van der Waals surface area contributed by atoms with E-state index in [1.165, 1.54) is 0 Å². The summed E-state index contributed by atoms with van der Waals surface area (Å²) in [5, 5.41) is 6.50. The number of aryl methyl sites for hydroxylation is 1. The molecule has 0 N–H and O–H groups in total. The second-order valence-electron chi connectivity index (χ2n) is 7.04. The molecule has 1 aliphatic rings. The van der Waals surface area contributed by atoms with E-state index in [2.05, 4.69) is 34.3 Å². The van der Waals surface area contributed by atoms with Crippen LogP contribution in [0.25, 0.3) is 21.9 Å². The Labute approximate surface area is 151 Å². The van der Waals surface area contributed by atoms with Crippen molar-refractivity contribution in [2.75, 3.05) is 19.6 Å². The minimum Gasteiger partial charge on any atom is -0.298 e. The SMILES string of the molecule is Cn1cc(-c2ccc3cnc(C4CCN(CC(F)F)CC4)cc3c2)cn1. The van der Waals surface area contributed by atoms with Crippen LogP contribution in [0.15, 0.2) is 42.9 Å². The van der Waals surface area contributed by atoms with Gasteiger partial charge in [0, 0.05) is 42.0 Å². The molecule has 0 spiro atoms. The number of halogens is 2. The molecule has 4 rings (SSSR count). The molecule has 3 heterocycles. The molecule has 4 nitrogen and oxygen atoms in total. The average Bonchev–Trinajstić information content (AvgIpc) is 3.07. The standard InChI is InChI=1S/C20H22F2N4/c1-25-12-18(11-24-25)15-2-3-16-10-23-19(9-17(16)8-15)14-4-6-26(7-5-14)13-20(21)22/h2-3,8-12,14,20H,4-7,13H2,1H3. The van der Waals surface area contributed by atoms with Crippen molar-refractivity contribution in [2.45, 2.75) is 25.2 Å². The first kappa shape index (κ1) is 17.1. The highest BCUT2D eigenvalue weighted by Crippen LogP contribution is 2.30. The molecule has 0 atom stereocenters. The number of likely N-dealkylation sites (tertiary alicyclic amines) is 1. The lowest BCUT2D eigenvalue weighted by Crippen LogP contribution is -2.36. The second-order valence-corrected chi connectivity index (χ2v) is 7.04. The summed E-state index contributed by atoms with van der Waals surface area (Å²) in [6.45, 7) is 1.31. The van der Waals surface area contributed by atoms with Gasteiger partial charge in [0.2, 0.25) is 0 Å². The molecule has 26 heavy (non-hydrogen) atoms. The third kappa shape index (κ3) is 3.60. The van der Waals surface area contributed by atoms with E-state index in [4.69, 9.17) is 0 Å². The highest BCUT2D eigenvalue weighted by Gasteiger charge is 2.23. The van der Waals surface area contributed by atoms with Crippen LogP contribution in [0, 0.1) is 0 Å². The van der Waals surface area contributed by atoms with Crippen LogP contribution in [-0.4, -0.2) is 45.7 Å². The number of alkyl halides is 2. The Bertz CT molecular complexity index is 898. The normalized spacial score (nSPS) is 16.6. The molecule has 0 radical (unpaired) electrons. The van der Waals surface area contributed by atoms with Crippen LogP contribution in [-0.2, 0) is 7.05 Å². The zero-order valence-electron chi connectivity index (χ0n) is 14.8. The molecule has 1 aliphatic heterocycles. The van der Waals surface area contributed by atoms with Crippen molar-refractivity contribution in [3.63, 3.8) is 0 Å². The van der Waals surface area contributed by atoms with Crippen molar-refractivity contribution in [1.29, 1.82) is 0 Å². The number of benzene rings is 1. The van der Waals surface area contributed by atoms with Gasteiger partial charge in [-0.05, 0) is 49.0 Å². The third-order valence-corrected chi connectivity index (χ3v) is 5.18. The zero-order valence-corrected chi connectivity index (χ0v) is 14.8. The summed E-state index contributed by atoms with van der Waals surface area (Å²) in [4.78, 5) is 6.49. The Morgan fingerprint density at radius 1 is 1.08 bits per heavy atom. The number of rotatable bonds is 4. The summed E-state index contributed by atoms with van der Waals surface area (Å²) < 4.78 is 26.9. The highest BCUT2D eigenvalue weighted by molar-refractivity contribution is 5.86. The molecule has 6 heteroatoms. The van der Waals surface area contributed by atoms with Gasteiger partial charge >= 0.3 is 0 Å². The molecule has 0 unspecified atom stereocenters. The van der Waals surface area contributed by atoms with Crippen LogP contribution >= 0.6 is 0 Å². The molecular formula is C20H22F2N4. The number of nitrogens with zero attached hydrogens (tertiary/aromatic N) is 4. The zero-order chi connectivity index (χ0) is 18.1. The molecule has 0 bridgehead atoms. The number of aromatic nitrogens is 3. The van der Waals surface area contributed by atoms with Gasteiger partial charge in [0.15, 0.2) is 0 Å². The van der Waals surface area contributed by atoms with Crippen LogP contribution in [0.4, 0.5) is 8.78 Å². The molecule has 1 saturated heterocycles. The maximum absolute atomic E-state index is 12.5. The first-order chi connectivity index (χ1) is 12.6. The van der Waals surface area contributed by atoms with Gasteiger partial charge in [0.25, 0.3) is 6.43 Å². The van der Waals surface area contributed by atoms with Gasteiger partial charge in [-0.2, -0.15) is 5.10 Å². The van der Waals surface area contributed by atoms with Crippen LogP contribution in [0.1, 0.15) is 24.5 Å². The van der Waals surface area contributed by atoms with Crippen molar-refractivity contribution >= 4 is 10.8 Å². The van der Waals surface area contributed by atoms with Crippen molar-refractivity contribution in [2.24, 2.45) is 7.05 Å². The molecule has 0 amide bonds. The minimum atomic E-state index is -2.25. The van der Waals surface area contributed by atoms with Gasteiger partial charge in [-0.1, -0.05) is 12.1 Å². The summed E-state index contributed by atoms with van der Waals surface area (Å²) in [5.41, 5.74) is 3.29. The summed E-state index contributed by atoms with van der Waals surface area (Å²) in [6.07, 6.45) is 5.30. The first-order valence-electron chi connectivity index (χ1n) is 8.98. The first-order valence-corrected chi connectivity index (χ1v) is 8.98. The topological polar surface area (TPSA) is 34.0 Å². The Balaban J connectivity index is 1.55.